The molecule has 0 amide bonds. The highest BCUT2D eigenvalue weighted by atomic mass is 32.2. The van der Waals surface area contributed by atoms with Crippen LogP contribution in [0.1, 0.15) is 0 Å². The standard InChI is InChI=1S/C12H10F2N2O2S/c13-8-1-4-10(5-2-8)16-19(17,18)12-7-9(14)3-6-11(12)15/h1-7,16H,15H2. The summed E-state index contributed by atoms with van der Waals surface area (Å²) < 4.78 is 52.0. The minimum absolute atomic E-state index is 0.0731. The second-order valence-corrected chi connectivity index (χ2v) is 5.45. The topological polar surface area (TPSA) is 72.2 Å². The number of rotatable bonds is 3. The number of nitrogens with two attached hydrogens (primary N) is 1. The van der Waals surface area contributed by atoms with E-state index in [-0.39, 0.29) is 16.3 Å². The lowest BCUT2D eigenvalue weighted by Crippen LogP contribution is -2.15. The molecule has 0 aliphatic carbocycles. The Morgan fingerprint density at radius 2 is 1.53 bits per heavy atom. The average molecular weight is 284 g/mol. The van der Waals surface area contributed by atoms with Gasteiger partial charge in [0.2, 0.25) is 0 Å². The van der Waals surface area contributed by atoms with Crippen LogP contribution in [0.25, 0.3) is 0 Å². The van der Waals surface area contributed by atoms with E-state index in [0.717, 1.165) is 30.3 Å². The number of nitrogen functional groups attached to an aromatic ring is 1. The lowest BCUT2D eigenvalue weighted by molar-refractivity contribution is 0.596. The van der Waals surface area contributed by atoms with Gasteiger partial charge < -0.3 is 5.73 Å². The Morgan fingerprint density at radius 1 is 0.947 bits per heavy atom. The highest BCUT2D eigenvalue weighted by Crippen LogP contribution is 2.22. The minimum Gasteiger partial charge on any atom is -0.398 e. The number of sulfonamides is 1. The van der Waals surface area contributed by atoms with Crippen molar-refractivity contribution < 1.29 is 17.2 Å². The molecule has 0 heterocycles. The zero-order valence-electron chi connectivity index (χ0n) is 9.60. The fourth-order valence-corrected chi connectivity index (χ4v) is 2.67. The van der Waals surface area contributed by atoms with Gasteiger partial charge in [-0.25, -0.2) is 17.2 Å². The molecule has 0 aliphatic rings. The van der Waals surface area contributed by atoms with Crippen LogP contribution >= 0.6 is 0 Å². The van der Waals surface area contributed by atoms with Crippen LogP contribution in [-0.2, 0) is 10.0 Å². The van der Waals surface area contributed by atoms with Crippen molar-refractivity contribution in [1.82, 2.24) is 0 Å². The number of nitrogens with one attached hydrogen (secondary N) is 1. The van der Waals surface area contributed by atoms with Gasteiger partial charge in [0.15, 0.2) is 0 Å². The largest absolute Gasteiger partial charge is 0.398 e. The number of hydrogen-bond donors (Lipinski definition) is 2. The van der Waals surface area contributed by atoms with Crippen molar-refractivity contribution in [2.24, 2.45) is 0 Å². The molecule has 4 nitrogen and oxygen atoms in total. The van der Waals surface area contributed by atoms with E-state index in [0.29, 0.717) is 0 Å². The van der Waals surface area contributed by atoms with Gasteiger partial charge in [0.1, 0.15) is 16.5 Å². The van der Waals surface area contributed by atoms with Gasteiger partial charge in [-0.05, 0) is 42.5 Å². The Balaban J connectivity index is 2.37. The van der Waals surface area contributed by atoms with E-state index < -0.39 is 21.7 Å². The smallest absolute Gasteiger partial charge is 0.264 e. The molecule has 100 valence electrons. The maximum atomic E-state index is 13.1. The Kier molecular flexibility index (Phi) is 3.39. The summed E-state index contributed by atoms with van der Waals surface area (Å²) >= 11 is 0. The van der Waals surface area contributed by atoms with Crippen molar-refractivity contribution in [3.05, 3.63) is 54.1 Å². The summed E-state index contributed by atoms with van der Waals surface area (Å²) in [5, 5.41) is 0. The molecule has 2 aromatic rings. The molecule has 0 aromatic heterocycles. The second kappa shape index (κ2) is 4.85. The van der Waals surface area contributed by atoms with Gasteiger partial charge in [0.25, 0.3) is 10.0 Å². The molecular weight excluding hydrogens is 274 g/mol. The first kappa shape index (κ1) is 13.3. The molecule has 2 aromatic carbocycles. The molecule has 0 saturated carbocycles. The number of hydrogen-bond acceptors (Lipinski definition) is 3. The third kappa shape index (κ3) is 3.00. The summed E-state index contributed by atoms with van der Waals surface area (Å²) in [6, 6.07) is 7.76. The Morgan fingerprint density at radius 3 is 2.16 bits per heavy atom. The quantitative estimate of drug-likeness (QED) is 0.850. The van der Waals surface area contributed by atoms with Crippen LogP contribution in [0.3, 0.4) is 0 Å². The van der Waals surface area contributed by atoms with Crippen molar-refractivity contribution in [2.75, 3.05) is 10.5 Å². The number of halogens is 2. The summed E-state index contributed by atoms with van der Waals surface area (Å²) in [5.74, 6) is -1.21. The van der Waals surface area contributed by atoms with Crippen molar-refractivity contribution in [2.45, 2.75) is 4.90 Å². The predicted molar refractivity (Wildman–Crippen MR) is 68.0 cm³/mol. The molecule has 0 spiro atoms. The molecule has 0 saturated heterocycles. The molecule has 0 atom stereocenters. The van der Waals surface area contributed by atoms with Crippen molar-refractivity contribution in [3.63, 3.8) is 0 Å². The summed E-state index contributed by atoms with van der Waals surface area (Å²) in [6.07, 6.45) is 0. The van der Waals surface area contributed by atoms with E-state index in [1.54, 1.807) is 0 Å². The lowest BCUT2D eigenvalue weighted by Gasteiger charge is -2.10. The van der Waals surface area contributed by atoms with Crippen molar-refractivity contribution >= 4 is 21.4 Å². The molecule has 7 heteroatoms. The van der Waals surface area contributed by atoms with Crippen LogP contribution in [0.2, 0.25) is 0 Å². The van der Waals surface area contributed by atoms with Gasteiger partial charge in [0.05, 0.1) is 5.69 Å². The van der Waals surface area contributed by atoms with Gasteiger partial charge in [-0.1, -0.05) is 0 Å². The lowest BCUT2D eigenvalue weighted by atomic mass is 10.3. The highest BCUT2D eigenvalue weighted by molar-refractivity contribution is 7.92. The second-order valence-electron chi connectivity index (χ2n) is 3.79. The van der Waals surface area contributed by atoms with Crippen LogP contribution in [0.15, 0.2) is 47.4 Å². The van der Waals surface area contributed by atoms with E-state index in [4.69, 9.17) is 5.73 Å². The molecule has 0 aliphatic heterocycles. The predicted octanol–water partition coefficient (Wildman–Crippen LogP) is 2.35. The zero-order chi connectivity index (χ0) is 14.0. The first-order valence-corrected chi connectivity index (χ1v) is 6.70. The highest BCUT2D eigenvalue weighted by Gasteiger charge is 2.18. The van der Waals surface area contributed by atoms with Gasteiger partial charge >= 0.3 is 0 Å². The van der Waals surface area contributed by atoms with Crippen molar-refractivity contribution in [1.29, 1.82) is 0 Å². The Labute approximate surface area is 108 Å². The SMILES string of the molecule is Nc1ccc(F)cc1S(=O)(=O)Nc1ccc(F)cc1. The molecule has 0 radical (unpaired) electrons. The fraction of sp³-hybridized carbons (Fsp3) is 0. The van der Waals surface area contributed by atoms with Gasteiger partial charge in [-0.15, -0.1) is 0 Å². The molecule has 3 N–H and O–H groups in total. The summed E-state index contributed by atoms with van der Waals surface area (Å²) in [7, 11) is -4.02. The van der Waals surface area contributed by atoms with Crippen LogP contribution in [-0.4, -0.2) is 8.42 Å². The minimum atomic E-state index is -4.02. The van der Waals surface area contributed by atoms with E-state index in [9.17, 15) is 17.2 Å². The van der Waals surface area contributed by atoms with Crippen LogP contribution in [0.4, 0.5) is 20.2 Å². The maximum Gasteiger partial charge on any atom is 0.264 e. The van der Waals surface area contributed by atoms with E-state index in [1.165, 1.54) is 12.1 Å². The normalized spacial score (nSPS) is 11.3. The van der Waals surface area contributed by atoms with E-state index in [2.05, 4.69) is 4.72 Å². The summed E-state index contributed by atoms with van der Waals surface area (Å²) in [5.41, 5.74) is 5.59. The molecule has 0 bridgehead atoms. The summed E-state index contributed by atoms with van der Waals surface area (Å²) in [4.78, 5) is -0.364. The van der Waals surface area contributed by atoms with Crippen LogP contribution < -0.4 is 10.5 Å². The fourth-order valence-electron chi connectivity index (χ4n) is 1.47. The monoisotopic (exact) mass is 284 g/mol. The maximum absolute atomic E-state index is 13.1. The van der Waals surface area contributed by atoms with Gasteiger partial charge in [-0.3, -0.25) is 4.72 Å². The van der Waals surface area contributed by atoms with E-state index in [1.807, 2.05) is 0 Å². The Bertz CT molecular complexity index is 700. The van der Waals surface area contributed by atoms with Crippen LogP contribution in [0, 0.1) is 11.6 Å². The number of anilines is 2. The molecule has 0 unspecified atom stereocenters. The molecule has 19 heavy (non-hydrogen) atoms. The summed E-state index contributed by atoms with van der Waals surface area (Å²) in [6.45, 7) is 0. The van der Waals surface area contributed by atoms with Crippen LogP contribution in [0.5, 0.6) is 0 Å². The van der Waals surface area contributed by atoms with Gasteiger partial charge in [-0.2, -0.15) is 0 Å². The van der Waals surface area contributed by atoms with Gasteiger partial charge in [0, 0.05) is 5.69 Å². The Hall–Kier alpha value is -2.15. The zero-order valence-corrected chi connectivity index (χ0v) is 10.4. The molecule has 2 rings (SSSR count). The first-order valence-electron chi connectivity index (χ1n) is 5.22. The third-order valence-corrected chi connectivity index (χ3v) is 3.80. The molecule has 0 fully saturated rings. The average Bonchev–Trinajstić information content (AvgIpc) is 2.35. The van der Waals surface area contributed by atoms with Crippen molar-refractivity contribution in [3.8, 4) is 0 Å². The third-order valence-electron chi connectivity index (χ3n) is 2.36. The molecular formula is C12H10F2N2O2S. The first-order chi connectivity index (χ1) is 8.88. The van der Waals surface area contributed by atoms with E-state index >= 15 is 0 Å². The number of benzene rings is 2.